The van der Waals surface area contributed by atoms with Crippen LogP contribution in [0.25, 0.3) is 4.83 Å². The summed E-state index contributed by atoms with van der Waals surface area (Å²) >= 11 is 1.08. The maximum absolute atomic E-state index is 13.6. The number of nitrogens with one attached hydrogen (secondary N) is 2. The van der Waals surface area contributed by atoms with Gasteiger partial charge in [0.25, 0.3) is 11.6 Å². The van der Waals surface area contributed by atoms with Gasteiger partial charge in [-0.25, -0.2) is 4.98 Å². The molecule has 0 saturated carbocycles. The zero-order chi connectivity index (χ0) is 22.0. The van der Waals surface area contributed by atoms with Crippen LogP contribution in [0.15, 0.2) is 60.5 Å². The normalized spacial score (nSPS) is 11.5. The number of amides is 1. The van der Waals surface area contributed by atoms with Crippen LogP contribution >= 0.6 is 11.3 Å². The molecule has 0 unspecified atom stereocenters. The number of benzene rings is 1. The van der Waals surface area contributed by atoms with Gasteiger partial charge in [0.2, 0.25) is 5.91 Å². The molecule has 8 nitrogen and oxygen atoms in total. The summed E-state index contributed by atoms with van der Waals surface area (Å²) in [5.41, 5.74) is 4.06. The zero-order valence-corrected chi connectivity index (χ0v) is 17.1. The van der Waals surface area contributed by atoms with E-state index in [0.29, 0.717) is 26.6 Å². The third-order valence-electron chi connectivity index (χ3n) is 4.39. The number of hydrazine groups is 1. The number of hydrogen-bond acceptors (Lipinski definition) is 5. The average molecular weight is 443 g/mol. The zero-order valence-electron chi connectivity index (χ0n) is 16.3. The molecule has 0 radical (unpaired) electrons. The number of halogens is 2. The first-order valence-electron chi connectivity index (χ1n) is 9.17. The van der Waals surface area contributed by atoms with E-state index < -0.39 is 5.92 Å². The van der Waals surface area contributed by atoms with Gasteiger partial charge in [-0.15, -0.1) is 16.8 Å². The molecule has 0 aliphatic heterocycles. The fourth-order valence-corrected chi connectivity index (χ4v) is 3.98. The Morgan fingerprint density at radius 2 is 2.03 bits per heavy atom. The number of nitroso groups, excluding NO2 is 1. The third kappa shape index (κ3) is 4.56. The number of hydrogen-bond donors (Lipinski definition) is 2. The molecule has 2 N–H and O–H groups in total. The van der Waals surface area contributed by atoms with Crippen LogP contribution in [0.1, 0.15) is 18.2 Å². The number of alkyl halides is 2. The van der Waals surface area contributed by atoms with Gasteiger partial charge >= 0.3 is 0 Å². The summed E-state index contributed by atoms with van der Waals surface area (Å²) in [5, 5.41) is 4.01. The topological polar surface area (TPSA) is 91.4 Å². The lowest BCUT2D eigenvalue weighted by molar-refractivity contribution is -0.427. The third-order valence-corrected chi connectivity index (χ3v) is 5.35. The fraction of sp³-hybridized carbons (Fsp3) is 0.150. The lowest BCUT2D eigenvalue weighted by Crippen LogP contribution is -2.15. The summed E-state index contributed by atoms with van der Waals surface area (Å²) in [6.45, 7) is 0.811. The number of nitrogens with zero attached hydrogens (tertiary/aromatic N) is 4. The molecule has 11 heteroatoms. The summed E-state index contributed by atoms with van der Waals surface area (Å²) < 4.78 is 28.6. The molecule has 4 aromatic rings. The Bertz CT molecular complexity index is 1250. The molecule has 31 heavy (non-hydrogen) atoms. The SMILES string of the molecule is CC(F)(F)c1csc2c(NC(=O)Cc3cccc(N[N+](=O)c4ccncc4)c3)ncn12. The minimum atomic E-state index is -3.01. The molecule has 3 aromatic heterocycles. The maximum Gasteiger partial charge on any atom is 0.295 e. The van der Waals surface area contributed by atoms with Crippen LogP contribution in [0, 0.1) is 4.91 Å². The van der Waals surface area contributed by atoms with E-state index in [0.717, 1.165) is 18.3 Å². The van der Waals surface area contributed by atoms with Crippen LogP contribution in [0.4, 0.5) is 26.0 Å². The summed E-state index contributed by atoms with van der Waals surface area (Å²) in [5.74, 6) is -3.15. The highest BCUT2D eigenvalue weighted by atomic mass is 32.1. The molecule has 158 valence electrons. The first-order chi connectivity index (χ1) is 14.8. The summed E-state index contributed by atoms with van der Waals surface area (Å²) in [4.78, 5) is 33.6. The maximum atomic E-state index is 13.6. The molecule has 0 fully saturated rings. The molecular formula is C20H17F2N6O2S+. The number of rotatable bonds is 7. The second-order valence-corrected chi connectivity index (χ2v) is 7.67. The monoisotopic (exact) mass is 443 g/mol. The highest BCUT2D eigenvalue weighted by molar-refractivity contribution is 7.16. The van der Waals surface area contributed by atoms with E-state index in [2.05, 4.69) is 20.7 Å². The highest BCUT2D eigenvalue weighted by Crippen LogP contribution is 2.33. The Balaban J connectivity index is 1.44. The Kier molecular flexibility index (Phi) is 5.42. The van der Waals surface area contributed by atoms with Crippen molar-refractivity contribution in [1.29, 1.82) is 0 Å². The van der Waals surface area contributed by atoms with Gasteiger partial charge in [-0.2, -0.15) is 8.78 Å². The van der Waals surface area contributed by atoms with Crippen LogP contribution in [0.2, 0.25) is 0 Å². The van der Waals surface area contributed by atoms with Gasteiger partial charge in [-0.05, 0) is 17.7 Å². The summed E-state index contributed by atoms with van der Waals surface area (Å²) in [7, 11) is 0. The smallest absolute Gasteiger partial charge is 0.295 e. The predicted octanol–water partition coefficient (Wildman–Crippen LogP) is 4.52. The van der Waals surface area contributed by atoms with E-state index in [4.69, 9.17) is 0 Å². The molecule has 0 atom stereocenters. The van der Waals surface area contributed by atoms with Crippen molar-refractivity contribution >= 4 is 39.3 Å². The number of thiazole rings is 1. The van der Waals surface area contributed by atoms with Crippen LogP contribution in [-0.2, 0) is 17.1 Å². The number of anilines is 2. The van der Waals surface area contributed by atoms with E-state index in [1.807, 2.05) is 0 Å². The van der Waals surface area contributed by atoms with Crippen molar-refractivity contribution in [3.05, 3.63) is 76.7 Å². The molecule has 0 aliphatic rings. The van der Waals surface area contributed by atoms with Gasteiger partial charge in [0.1, 0.15) is 22.5 Å². The van der Waals surface area contributed by atoms with Gasteiger partial charge in [0.05, 0.1) is 11.3 Å². The first kappa shape index (κ1) is 20.5. The number of carbonyl (C=O) groups is 1. The van der Waals surface area contributed by atoms with Gasteiger partial charge in [-0.1, -0.05) is 12.1 Å². The molecule has 0 spiro atoms. The van der Waals surface area contributed by atoms with Crippen molar-refractivity contribution in [3.8, 4) is 0 Å². The van der Waals surface area contributed by atoms with Crippen LogP contribution < -0.4 is 10.7 Å². The number of imidazole rings is 1. The highest BCUT2D eigenvalue weighted by Gasteiger charge is 2.29. The van der Waals surface area contributed by atoms with Crippen molar-refractivity contribution in [2.75, 3.05) is 10.7 Å². The second-order valence-electron chi connectivity index (χ2n) is 6.81. The molecule has 0 bridgehead atoms. The minimum absolute atomic E-state index is 0.0187. The molecule has 0 aliphatic carbocycles. The number of aromatic nitrogens is 3. The Hall–Kier alpha value is -3.73. The van der Waals surface area contributed by atoms with Gasteiger partial charge in [-0.3, -0.25) is 14.2 Å². The van der Waals surface area contributed by atoms with E-state index in [1.165, 1.54) is 28.5 Å². The van der Waals surface area contributed by atoms with Crippen molar-refractivity contribution in [3.63, 3.8) is 0 Å². The summed E-state index contributed by atoms with van der Waals surface area (Å²) in [6.07, 6.45) is 4.30. The first-order valence-corrected chi connectivity index (χ1v) is 10.0. The fourth-order valence-electron chi connectivity index (χ4n) is 2.96. The Labute approximate surface area is 179 Å². The average Bonchev–Trinajstić information content (AvgIpc) is 3.31. The molecule has 1 aromatic carbocycles. The van der Waals surface area contributed by atoms with E-state index in [1.54, 1.807) is 36.4 Å². The number of fused-ring (bicyclic) bond motifs is 1. The molecule has 3 heterocycles. The van der Waals surface area contributed by atoms with Crippen molar-refractivity contribution in [1.82, 2.24) is 14.4 Å². The quantitative estimate of drug-likeness (QED) is 0.324. The van der Waals surface area contributed by atoms with Crippen LogP contribution in [0.3, 0.4) is 0 Å². The lowest BCUT2D eigenvalue weighted by atomic mass is 10.1. The van der Waals surface area contributed by atoms with E-state index >= 15 is 0 Å². The number of pyridine rings is 1. The summed E-state index contributed by atoms with van der Waals surface area (Å²) in [6, 6.07) is 9.96. The molecule has 4 rings (SSSR count). The van der Waals surface area contributed by atoms with Crippen molar-refractivity contribution < 1.29 is 18.4 Å². The van der Waals surface area contributed by atoms with Crippen molar-refractivity contribution in [2.24, 2.45) is 0 Å². The van der Waals surface area contributed by atoms with E-state index in [9.17, 15) is 18.5 Å². The Morgan fingerprint density at radius 3 is 2.77 bits per heavy atom. The van der Waals surface area contributed by atoms with Gasteiger partial charge < -0.3 is 5.32 Å². The van der Waals surface area contributed by atoms with Gasteiger partial charge in [0, 0.05) is 36.8 Å². The Morgan fingerprint density at radius 1 is 1.26 bits per heavy atom. The van der Waals surface area contributed by atoms with Crippen molar-refractivity contribution in [2.45, 2.75) is 19.3 Å². The number of carbonyl (C=O) groups excluding carboxylic acids is 1. The molecule has 0 saturated heterocycles. The second kappa shape index (κ2) is 8.19. The minimum Gasteiger partial charge on any atom is -0.308 e. The molecular weight excluding hydrogens is 426 g/mol. The van der Waals surface area contributed by atoms with Gasteiger partial charge in [0.15, 0.2) is 10.7 Å². The lowest BCUT2D eigenvalue weighted by Gasteiger charge is -2.07. The largest absolute Gasteiger partial charge is 0.308 e. The van der Waals surface area contributed by atoms with Crippen LogP contribution in [0.5, 0.6) is 0 Å². The predicted molar refractivity (Wildman–Crippen MR) is 113 cm³/mol. The van der Waals surface area contributed by atoms with E-state index in [-0.39, 0.29) is 23.8 Å². The standard InChI is InChI=1S/C20H16F2N6O2S/c1-20(21,22)16-11-31-19-18(24-12-27(16)19)25-17(29)10-13-3-2-4-14(9-13)26-28(30)15-5-7-23-8-6-15/h2-9,11-12H,10H2,1H3,(H-,25,26,29,30)/p+1. The van der Waals surface area contributed by atoms with Crippen LogP contribution in [-0.4, -0.2) is 25.1 Å². The molecule has 1 amide bonds.